The van der Waals surface area contributed by atoms with E-state index in [2.05, 4.69) is 32.0 Å². The van der Waals surface area contributed by atoms with Crippen molar-refractivity contribution in [3.05, 3.63) is 42.2 Å². The predicted octanol–water partition coefficient (Wildman–Crippen LogP) is 2.42. The van der Waals surface area contributed by atoms with Gasteiger partial charge in [0.15, 0.2) is 0 Å². The highest BCUT2D eigenvalue weighted by Gasteiger charge is 2.17. The number of aromatic nitrogens is 4. The largest absolute Gasteiger partial charge is 0.321 e. The first-order chi connectivity index (χ1) is 9.83. The van der Waals surface area contributed by atoms with Gasteiger partial charge in [-0.2, -0.15) is 5.10 Å². The summed E-state index contributed by atoms with van der Waals surface area (Å²) >= 11 is 0. The first kappa shape index (κ1) is 13.2. The minimum atomic E-state index is -0.189. The summed E-state index contributed by atoms with van der Waals surface area (Å²) in [4.78, 5) is 8.40. The third kappa shape index (κ3) is 3.04. The minimum absolute atomic E-state index is 0.189. The lowest BCUT2D eigenvalue weighted by Gasteiger charge is -2.21. The maximum absolute atomic E-state index is 6.14. The van der Waals surface area contributed by atoms with Crippen LogP contribution >= 0.6 is 0 Å². The Balaban J connectivity index is 1.65. The molecular formula is C15H21N5. The van der Waals surface area contributed by atoms with Crippen molar-refractivity contribution in [2.45, 2.75) is 50.6 Å². The lowest BCUT2D eigenvalue weighted by Crippen LogP contribution is -2.17. The number of nitrogens with zero attached hydrogens (tertiary/aromatic N) is 4. The molecule has 2 aromatic heterocycles. The van der Waals surface area contributed by atoms with Crippen molar-refractivity contribution in [2.75, 3.05) is 0 Å². The zero-order valence-corrected chi connectivity index (χ0v) is 11.7. The molecule has 2 heterocycles. The highest BCUT2D eigenvalue weighted by atomic mass is 15.3. The van der Waals surface area contributed by atoms with Crippen LogP contribution in [0, 0.1) is 0 Å². The summed E-state index contributed by atoms with van der Waals surface area (Å²) in [6.07, 6.45) is 12.7. The molecule has 2 N–H and O–H groups in total. The number of nitrogens with two attached hydrogens (primary N) is 1. The zero-order valence-electron chi connectivity index (χ0n) is 11.7. The summed E-state index contributed by atoms with van der Waals surface area (Å²) in [6.45, 7) is 0. The van der Waals surface area contributed by atoms with Gasteiger partial charge in [0, 0.05) is 25.0 Å². The topological polar surface area (TPSA) is 69.6 Å². The molecule has 0 bridgehead atoms. The average molecular weight is 271 g/mol. The van der Waals surface area contributed by atoms with E-state index in [9.17, 15) is 0 Å². The van der Waals surface area contributed by atoms with Crippen LogP contribution in [-0.4, -0.2) is 19.7 Å². The zero-order chi connectivity index (χ0) is 13.8. The molecule has 1 aliphatic carbocycles. The molecule has 106 valence electrons. The molecule has 3 rings (SSSR count). The van der Waals surface area contributed by atoms with Crippen LogP contribution in [0.1, 0.15) is 55.7 Å². The maximum atomic E-state index is 6.14. The van der Waals surface area contributed by atoms with Gasteiger partial charge < -0.3 is 5.73 Å². The second kappa shape index (κ2) is 6.13. The summed E-state index contributed by atoms with van der Waals surface area (Å²) in [5, 5.41) is 4.68. The number of rotatable bonds is 4. The lowest BCUT2D eigenvalue weighted by atomic mass is 9.96. The van der Waals surface area contributed by atoms with Crippen LogP contribution in [0.3, 0.4) is 0 Å². The Morgan fingerprint density at radius 1 is 1.20 bits per heavy atom. The smallest absolute Gasteiger partial charge is 0.145 e. The van der Waals surface area contributed by atoms with E-state index >= 15 is 0 Å². The molecular weight excluding hydrogens is 250 g/mol. The number of hydrogen-bond acceptors (Lipinski definition) is 4. The molecule has 20 heavy (non-hydrogen) atoms. The molecule has 0 radical (unpaired) electrons. The molecule has 1 atom stereocenters. The van der Waals surface area contributed by atoms with Crippen LogP contribution in [0.2, 0.25) is 0 Å². The molecule has 0 aliphatic heterocycles. The van der Waals surface area contributed by atoms with E-state index in [1.54, 1.807) is 18.5 Å². The third-order valence-electron chi connectivity index (χ3n) is 3.96. The van der Waals surface area contributed by atoms with Crippen molar-refractivity contribution in [3.63, 3.8) is 0 Å². The summed E-state index contributed by atoms with van der Waals surface area (Å²) in [6, 6.07) is 4.25. The third-order valence-corrected chi connectivity index (χ3v) is 3.96. The van der Waals surface area contributed by atoms with Gasteiger partial charge in [-0.25, -0.2) is 9.97 Å². The monoisotopic (exact) mass is 271 g/mol. The van der Waals surface area contributed by atoms with Gasteiger partial charge in [-0.1, -0.05) is 19.3 Å². The number of hydrogen-bond donors (Lipinski definition) is 1. The molecule has 1 fully saturated rings. The molecule has 0 amide bonds. The molecule has 0 aromatic carbocycles. The molecule has 1 unspecified atom stereocenters. The minimum Gasteiger partial charge on any atom is -0.321 e. The van der Waals surface area contributed by atoms with E-state index < -0.39 is 0 Å². The molecule has 5 nitrogen and oxygen atoms in total. The van der Waals surface area contributed by atoms with Crippen LogP contribution in [-0.2, 0) is 6.42 Å². The van der Waals surface area contributed by atoms with Gasteiger partial charge in [0.05, 0.1) is 17.8 Å². The molecule has 1 aliphatic rings. The van der Waals surface area contributed by atoms with Gasteiger partial charge >= 0.3 is 0 Å². The van der Waals surface area contributed by atoms with Crippen molar-refractivity contribution >= 4 is 0 Å². The molecule has 1 saturated carbocycles. The fraction of sp³-hybridized carbons (Fsp3) is 0.533. The summed E-state index contributed by atoms with van der Waals surface area (Å²) < 4.78 is 2.12. The summed E-state index contributed by atoms with van der Waals surface area (Å²) in [5.74, 6) is 0.680. The van der Waals surface area contributed by atoms with Crippen molar-refractivity contribution in [1.82, 2.24) is 19.7 Å². The predicted molar refractivity (Wildman–Crippen MR) is 77.0 cm³/mol. The fourth-order valence-electron chi connectivity index (χ4n) is 2.85. The quantitative estimate of drug-likeness (QED) is 0.927. The van der Waals surface area contributed by atoms with E-state index in [4.69, 9.17) is 5.73 Å². The van der Waals surface area contributed by atoms with Crippen LogP contribution in [0.5, 0.6) is 0 Å². The van der Waals surface area contributed by atoms with Crippen molar-refractivity contribution < 1.29 is 0 Å². The average Bonchev–Trinajstić information content (AvgIpc) is 2.97. The van der Waals surface area contributed by atoms with E-state index in [0.717, 1.165) is 5.69 Å². The van der Waals surface area contributed by atoms with E-state index in [1.807, 2.05) is 0 Å². The van der Waals surface area contributed by atoms with Crippen molar-refractivity contribution in [1.29, 1.82) is 0 Å². The Bertz CT molecular complexity index is 530. The Morgan fingerprint density at radius 2 is 1.95 bits per heavy atom. The fourth-order valence-corrected chi connectivity index (χ4v) is 2.85. The first-order valence-electron chi connectivity index (χ1n) is 7.39. The van der Waals surface area contributed by atoms with Crippen LogP contribution < -0.4 is 5.73 Å². The Labute approximate surface area is 119 Å². The van der Waals surface area contributed by atoms with E-state index in [1.165, 1.54) is 32.1 Å². The van der Waals surface area contributed by atoms with Gasteiger partial charge in [0.25, 0.3) is 0 Å². The highest BCUT2D eigenvalue weighted by molar-refractivity contribution is 5.06. The molecule has 2 aromatic rings. The Kier molecular flexibility index (Phi) is 4.06. The molecule has 0 saturated heterocycles. The van der Waals surface area contributed by atoms with Gasteiger partial charge in [-0.3, -0.25) is 4.68 Å². The highest BCUT2D eigenvalue weighted by Crippen LogP contribution is 2.27. The second-order valence-corrected chi connectivity index (χ2v) is 5.50. The normalized spacial score (nSPS) is 18.1. The SMILES string of the molecule is NC(Cc1ccn(C2CCCCC2)n1)c1ncccn1. The summed E-state index contributed by atoms with van der Waals surface area (Å²) in [7, 11) is 0. The lowest BCUT2D eigenvalue weighted by molar-refractivity contribution is 0.327. The summed E-state index contributed by atoms with van der Waals surface area (Å²) in [5.41, 5.74) is 7.16. The molecule has 0 spiro atoms. The van der Waals surface area contributed by atoms with Crippen LogP contribution in [0.15, 0.2) is 30.7 Å². The van der Waals surface area contributed by atoms with Gasteiger partial charge in [0.2, 0.25) is 0 Å². The second-order valence-electron chi connectivity index (χ2n) is 5.50. The Hall–Kier alpha value is -1.75. The van der Waals surface area contributed by atoms with Gasteiger partial charge in [-0.05, 0) is 25.0 Å². The van der Waals surface area contributed by atoms with Crippen LogP contribution in [0.4, 0.5) is 0 Å². The van der Waals surface area contributed by atoms with Crippen molar-refractivity contribution in [3.8, 4) is 0 Å². The van der Waals surface area contributed by atoms with E-state index in [-0.39, 0.29) is 6.04 Å². The maximum Gasteiger partial charge on any atom is 0.145 e. The van der Waals surface area contributed by atoms with Crippen molar-refractivity contribution in [2.24, 2.45) is 5.73 Å². The van der Waals surface area contributed by atoms with Crippen LogP contribution in [0.25, 0.3) is 0 Å². The Morgan fingerprint density at radius 3 is 2.70 bits per heavy atom. The van der Waals surface area contributed by atoms with Gasteiger partial charge in [0.1, 0.15) is 5.82 Å². The standard InChI is InChI=1S/C15H21N5/c16-14(15-17-8-4-9-18-15)11-12-7-10-20(19-12)13-5-2-1-3-6-13/h4,7-10,13-14H,1-3,5-6,11,16H2. The van der Waals surface area contributed by atoms with Gasteiger partial charge in [-0.15, -0.1) is 0 Å². The molecule has 5 heteroatoms. The first-order valence-corrected chi connectivity index (χ1v) is 7.39. The van der Waals surface area contributed by atoms with E-state index in [0.29, 0.717) is 18.3 Å².